The summed E-state index contributed by atoms with van der Waals surface area (Å²) in [5.41, 5.74) is 2.59. The Bertz CT molecular complexity index is 1350. The Kier molecular flexibility index (Phi) is 5.10. The van der Waals surface area contributed by atoms with Crippen LogP contribution in [0, 0.1) is 24.0 Å². The molecule has 0 atom stereocenters. The van der Waals surface area contributed by atoms with Gasteiger partial charge in [-0.05, 0) is 92.0 Å². The Balaban J connectivity index is 1.30. The maximum atomic E-state index is 14.0. The molecule has 0 unspecified atom stereocenters. The van der Waals surface area contributed by atoms with Gasteiger partial charge in [0.1, 0.15) is 18.2 Å². The first kappa shape index (κ1) is 22.0. The SMILES string of the molecule is Cc1c(C2CC3(CC(NS(=O)(=O)c4ccc(F)cc4)C3)C2)c2cc(F)ccc2n1CC(=O)O. The molecule has 2 saturated carbocycles. The number of carboxylic acids is 1. The Morgan fingerprint density at radius 1 is 1.09 bits per heavy atom. The largest absolute Gasteiger partial charge is 0.480 e. The van der Waals surface area contributed by atoms with Crippen molar-refractivity contribution in [3.63, 3.8) is 0 Å². The molecule has 174 valence electrons. The summed E-state index contributed by atoms with van der Waals surface area (Å²) in [6.45, 7) is 1.70. The highest BCUT2D eigenvalue weighted by molar-refractivity contribution is 7.89. The molecule has 2 N–H and O–H groups in total. The van der Waals surface area contributed by atoms with Gasteiger partial charge in [0.15, 0.2) is 0 Å². The highest BCUT2D eigenvalue weighted by Gasteiger charge is 2.54. The van der Waals surface area contributed by atoms with Crippen LogP contribution in [-0.4, -0.2) is 30.1 Å². The number of hydrogen-bond acceptors (Lipinski definition) is 3. The number of halogens is 2. The minimum atomic E-state index is -3.70. The summed E-state index contributed by atoms with van der Waals surface area (Å²) in [7, 11) is -3.70. The summed E-state index contributed by atoms with van der Waals surface area (Å²) in [5, 5.41) is 10.1. The summed E-state index contributed by atoms with van der Waals surface area (Å²) < 4.78 is 56.6. The van der Waals surface area contributed by atoms with Gasteiger partial charge < -0.3 is 9.67 Å². The average molecular weight is 475 g/mol. The van der Waals surface area contributed by atoms with Gasteiger partial charge in [-0.3, -0.25) is 4.79 Å². The number of carboxylic acid groups (broad SMARTS) is 1. The molecule has 1 heterocycles. The Morgan fingerprint density at radius 3 is 2.36 bits per heavy atom. The number of benzene rings is 2. The molecule has 1 spiro atoms. The molecule has 0 bridgehead atoms. The second kappa shape index (κ2) is 7.63. The molecule has 1 aromatic heterocycles. The van der Waals surface area contributed by atoms with Crippen molar-refractivity contribution in [1.29, 1.82) is 0 Å². The van der Waals surface area contributed by atoms with E-state index in [4.69, 9.17) is 0 Å². The number of nitrogens with zero attached hydrogens (tertiary/aromatic N) is 1. The molecule has 2 fully saturated rings. The van der Waals surface area contributed by atoms with E-state index in [2.05, 4.69) is 4.72 Å². The molecule has 2 aromatic carbocycles. The van der Waals surface area contributed by atoms with Crippen LogP contribution in [-0.2, 0) is 21.4 Å². The Labute approximate surface area is 190 Å². The fraction of sp³-hybridized carbons (Fsp3) is 0.375. The summed E-state index contributed by atoms with van der Waals surface area (Å²) >= 11 is 0. The number of carbonyl (C=O) groups is 1. The fourth-order valence-electron chi connectivity index (χ4n) is 5.83. The van der Waals surface area contributed by atoms with E-state index in [1.165, 1.54) is 24.3 Å². The molecule has 5 rings (SSSR count). The second-order valence-corrected chi connectivity index (χ2v) is 11.1. The first-order valence-corrected chi connectivity index (χ1v) is 12.3. The topological polar surface area (TPSA) is 88.4 Å². The van der Waals surface area contributed by atoms with Gasteiger partial charge in [0, 0.05) is 22.6 Å². The molecule has 9 heteroatoms. The lowest BCUT2D eigenvalue weighted by molar-refractivity contribution is -0.137. The number of aliphatic carboxylic acids is 1. The van der Waals surface area contributed by atoms with Crippen molar-refractivity contribution in [2.45, 2.75) is 56.0 Å². The third kappa shape index (κ3) is 3.83. The van der Waals surface area contributed by atoms with Crippen molar-refractivity contribution in [2.24, 2.45) is 5.41 Å². The van der Waals surface area contributed by atoms with Gasteiger partial charge in [-0.25, -0.2) is 21.9 Å². The average Bonchev–Trinajstić information content (AvgIpc) is 2.93. The highest BCUT2D eigenvalue weighted by atomic mass is 32.2. The van der Waals surface area contributed by atoms with Crippen LogP contribution < -0.4 is 4.72 Å². The van der Waals surface area contributed by atoms with E-state index in [9.17, 15) is 27.1 Å². The number of hydrogen-bond donors (Lipinski definition) is 2. The van der Waals surface area contributed by atoms with Crippen LogP contribution in [0.5, 0.6) is 0 Å². The van der Waals surface area contributed by atoms with E-state index < -0.39 is 21.8 Å². The molecule has 2 aliphatic carbocycles. The first-order valence-electron chi connectivity index (χ1n) is 10.8. The predicted molar refractivity (Wildman–Crippen MR) is 118 cm³/mol. The van der Waals surface area contributed by atoms with Crippen molar-refractivity contribution < 1.29 is 27.1 Å². The van der Waals surface area contributed by atoms with Crippen LogP contribution in [0.1, 0.15) is 42.9 Å². The van der Waals surface area contributed by atoms with Crippen molar-refractivity contribution in [1.82, 2.24) is 9.29 Å². The fourth-order valence-corrected chi connectivity index (χ4v) is 7.06. The van der Waals surface area contributed by atoms with Gasteiger partial charge >= 0.3 is 5.97 Å². The summed E-state index contributed by atoms with van der Waals surface area (Å²) in [6, 6.07) is 9.02. The molecular formula is C24H24F2N2O4S. The van der Waals surface area contributed by atoms with Gasteiger partial charge in [0.2, 0.25) is 10.0 Å². The molecule has 0 radical (unpaired) electrons. The smallest absolute Gasteiger partial charge is 0.323 e. The zero-order valence-corrected chi connectivity index (χ0v) is 18.8. The minimum absolute atomic E-state index is 0.0419. The van der Waals surface area contributed by atoms with Crippen molar-refractivity contribution in [3.05, 3.63) is 65.4 Å². The number of sulfonamides is 1. The predicted octanol–water partition coefficient (Wildman–Crippen LogP) is 4.32. The Morgan fingerprint density at radius 2 is 1.73 bits per heavy atom. The maximum absolute atomic E-state index is 14.0. The zero-order chi connectivity index (χ0) is 23.5. The van der Waals surface area contributed by atoms with Crippen molar-refractivity contribution in [2.75, 3.05) is 0 Å². The van der Waals surface area contributed by atoms with E-state index in [-0.39, 0.29) is 34.6 Å². The van der Waals surface area contributed by atoms with E-state index >= 15 is 0 Å². The molecule has 6 nitrogen and oxygen atoms in total. The lowest BCUT2D eigenvalue weighted by Crippen LogP contribution is -2.55. The number of rotatable bonds is 6. The third-order valence-corrected chi connectivity index (χ3v) is 8.74. The quantitative estimate of drug-likeness (QED) is 0.557. The zero-order valence-electron chi connectivity index (χ0n) is 18.0. The number of fused-ring (bicyclic) bond motifs is 1. The van der Waals surface area contributed by atoms with Crippen LogP contribution in [0.15, 0.2) is 47.4 Å². The molecule has 0 saturated heterocycles. The van der Waals surface area contributed by atoms with Gasteiger partial charge in [0.25, 0.3) is 0 Å². The minimum Gasteiger partial charge on any atom is -0.480 e. The standard InChI is InChI=1S/C24H24F2N2O4S/c1-14-23(20-8-17(26)4-7-21(20)28(14)13-22(29)30)15-9-24(10-15)11-18(12-24)27-33(31,32)19-5-2-16(25)3-6-19/h2-8,15,18,27H,9-13H2,1H3,(H,29,30). The first-order chi connectivity index (χ1) is 15.6. The molecule has 2 aliphatic rings. The Hall–Kier alpha value is -2.78. The van der Waals surface area contributed by atoms with Gasteiger partial charge in [0.05, 0.1) is 4.90 Å². The van der Waals surface area contributed by atoms with Gasteiger partial charge in [-0.2, -0.15) is 0 Å². The molecule has 0 aliphatic heterocycles. The van der Waals surface area contributed by atoms with Crippen LogP contribution in [0.25, 0.3) is 10.9 Å². The molecule has 0 amide bonds. The molecule has 33 heavy (non-hydrogen) atoms. The van der Waals surface area contributed by atoms with Crippen LogP contribution >= 0.6 is 0 Å². The molecular weight excluding hydrogens is 450 g/mol. The van der Waals surface area contributed by atoms with Gasteiger partial charge in [-0.15, -0.1) is 0 Å². The van der Waals surface area contributed by atoms with Crippen molar-refractivity contribution >= 4 is 26.9 Å². The number of nitrogens with one attached hydrogen (secondary N) is 1. The van der Waals surface area contributed by atoms with E-state index in [0.717, 1.165) is 41.6 Å². The summed E-state index contributed by atoms with van der Waals surface area (Å²) in [6.07, 6.45) is 3.13. The monoisotopic (exact) mass is 474 g/mol. The van der Waals surface area contributed by atoms with Gasteiger partial charge in [-0.1, -0.05) is 0 Å². The van der Waals surface area contributed by atoms with Crippen molar-refractivity contribution in [3.8, 4) is 0 Å². The normalized spacial score (nSPS) is 24.6. The lowest BCUT2D eigenvalue weighted by Gasteiger charge is -2.58. The molecule has 3 aromatic rings. The van der Waals surface area contributed by atoms with Crippen LogP contribution in [0.3, 0.4) is 0 Å². The van der Waals surface area contributed by atoms with E-state index in [0.29, 0.717) is 18.4 Å². The lowest BCUT2D eigenvalue weighted by atomic mass is 9.49. The second-order valence-electron chi connectivity index (χ2n) is 9.43. The third-order valence-electron chi connectivity index (χ3n) is 7.20. The highest BCUT2D eigenvalue weighted by Crippen LogP contribution is 2.63. The summed E-state index contributed by atoms with van der Waals surface area (Å²) in [4.78, 5) is 11.4. The van der Waals surface area contributed by atoms with E-state index in [1.54, 1.807) is 10.6 Å². The summed E-state index contributed by atoms with van der Waals surface area (Å²) in [5.74, 6) is -1.62. The number of aromatic nitrogens is 1. The maximum Gasteiger partial charge on any atom is 0.323 e. The van der Waals surface area contributed by atoms with Crippen LogP contribution in [0.2, 0.25) is 0 Å². The van der Waals surface area contributed by atoms with E-state index in [1.807, 2.05) is 6.92 Å². The van der Waals surface area contributed by atoms with Crippen LogP contribution in [0.4, 0.5) is 8.78 Å².